The van der Waals surface area contributed by atoms with Gasteiger partial charge in [0, 0.05) is 0 Å². The van der Waals surface area contributed by atoms with E-state index in [2.05, 4.69) is 0 Å². The number of aromatic hydroxyl groups is 1. The molecule has 0 radical (unpaired) electrons. The second-order valence-corrected chi connectivity index (χ2v) is 3.37. The molecule has 15 heavy (non-hydrogen) atoms. The Labute approximate surface area is 94.0 Å². The lowest BCUT2D eigenvalue weighted by Gasteiger charge is -2.07. The molecule has 0 atom stereocenters. The highest BCUT2D eigenvalue weighted by Crippen LogP contribution is 2.35. The van der Waals surface area contributed by atoms with E-state index in [1.807, 2.05) is 0 Å². The summed E-state index contributed by atoms with van der Waals surface area (Å²) in [6.45, 7) is 0. The van der Waals surface area contributed by atoms with E-state index in [0.29, 0.717) is 0 Å². The summed E-state index contributed by atoms with van der Waals surface area (Å²) in [6, 6.07) is 0.916. The van der Waals surface area contributed by atoms with Crippen LogP contribution in [0.25, 0.3) is 0 Å². The van der Waals surface area contributed by atoms with Crippen molar-refractivity contribution in [1.82, 2.24) is 0 Å². The fourth-order valence-electron chi connectivity index (χ4n) is 0.990. The predicted molar refractivity (Wildman–Crippen MR) is 53.6 cm³/mol. The molecule has 1 rings (SSSR count). The number of halogens is 2. The first-order valence-electron chi connectivity index (χ1n) is 3.60. The molecule has 0 fully saturated rings. The third-order valence-corrected chi connectivity index (χ3v) is 2.44. The van der Waals surface area contributed by atoms with Gasteiger partial charge in [-0.15, -0.1) is 0 Å². The maximum absolute atomic E-state index is 10.9. The van der Waals surface area contributed by atoms with E-state index in [-0.39, 0.29) is 5.56 Å². The molecule has 4 N–H and O–H groups in total. The van der Waals surface area contributed by atoms with Gasteiger partial charge in [0.1, 0.15) is 11.3 Å². The molecule has 1 aromatic carbocycles. The molecule has 0 aromatic heterocycles. The molecule has 0 aliphatic rings. The molecule has 1 amide bonds. The highest BCUT2D eigenvalue weighted by molar-refractivity contribution is 6.42. The number of nitrogens with two attached hydrogens (primary N) is 1. The number of carbonyl (C=O) groups is 2. The number of phenolic OH excluding ortho intramolecular Hbond substituents is 1. The van der Waals surface area contributed by atoms with Crippen molar-refractivity contribution in [2.75, 3.05) is 0 Å². The van der Waals surface area contributed by atoms with E-state index in [9.17, 15) is 14.7 Å². The molecule has 0 heterocycles. The Hall–Kier alpha value is -1.46. The third kappa shape index (κ3) is 1.98. The second kappa shape index (κ2) is 3.96. The van der Waals surface area contributed by atoms with E-state index >= 15 is 0 Å². The molecule has 1 aromatic rings. The first-order chi connectivity index (χ1) is 6.86. The number of phenols is 1. The number of rotatable bonds is 2. The highest BCUT2D eigenvalue weighted by Gasteiger charge is 2.22. The zero-order chi connectivity index (χ0) is 11.7. The Bertz CT molecular complexity index is 458. The molecular weight excluding hydrogens is 245 g/mol. The van der Waals surface area contributed by atoms with E-state index < -0.39 is 33.2 Å². The van der Waals surface area contributed by atoms with Gasteiger partial charge in [-0.3, -0.25) is 4.79 Å². The van der Waals surface area contributed by atoms with Crippen molar-refractivity contribution in [3.05, 3.63) is 27.2 Å². The van der Waals surface area contributed by atoms with Crippen LogP contribution in [0.15, 0.2) is 6.07 Å². The Morgan fingerprint density at radius 2 is 1.80 bits per heavy atom. The fraction of sp³-hybridized carbons (Fsp3) is 0. The number of carbonyl (C=O) groups excluding carboxylic acids is 1. The molecule has 0 aliphatic heterocycles. The van der Waals surface area contributed by atoms with Gasteiger partial charge in [-0.25, -0.2) is 4.79 Å². The molecule has 0 spiro atoms. The van der Waals surface area contributed by atoms with Gasteiger partial charge >= 0.3 is 5.97 Å². The largest absolute Gasteiger partial charge is 0.506 e. The number of hydrogen-bond donors (Lipinski definition) is 3. The van der Waals surface area contributed by atoms with Crippen molar-refractivity contribution >= 4 is 35.1 Å². The van der Waals surface area contributed by atoms with Crippen LogP contribution in [0.4, 0.5) is 0 Å². The van der Waals surface area contributed by atoms with E-state index in [4.69, 9.17) is 34.0 Å². The van der Waals surface area contributed by atoms with Gasteiger partial charge in [0.05, 0.1) is 15.6 Å². The van der Waals surface area contributed by atoms with E-state index in [0.717, 1.165) is 6.07 Å². The van der Waals surface area contributed by atoms with Crippen LogP contribution in [0.1, 0.15) is 20.7 Å². The Morgan fingerprint density at radius 3 is 2.20 bits per heavy atom. The van der Waals surface area contributed by atoms with Crippen LogP contribution < -0.4 is 5.73 Å². The Balaban J connectivity index is 3.63. The summed E-state index contributed by atoms with van der Waals surface area (Å²) in [5.74, 6) is -2.97. The normalized spacial score (nSPS) is 10.0. The van der Waals surface area contributed by atoms with Gasteiger partial charge in [0.25, 0.3) is 0 Å². The van der Waals surface area contributed by atoms with Crippen molar-refractivity contribution in [3.63, 3.8) is 0 Å². The summed E-state index contributed by atoms with van der Waals surface area (Å²) < 4.78 is 0. The lowest BCUT2D eigenvalue weighted by molar-refractivity contribution is 0.0697. The number of primary amides is 1. The van der Waals surface area contributed by atoms with Crippen LogP contribution in [-0.2, 0) is 0 Å². The highest BCUT2D eigenvalue weighted by atomic mass is 35.5. The van der Waals surface area contributed by atoms with Crippen molar-refractivity contribution in [2.24, 2.45) is 5.73 Å². The first kappa shape index (κ1) is 11.6. The number of carboxylic acid groups (broad SMARTS) is 1. The number of hydrogen-bond acceptors (Lipinski definition) is 3. The summed E-state index contributed by atoms with van der Waals surface area (Å²) in [7, 11) is 0. The smallest absolute Gasteiger partial charge is 0.338 e. The van der Waals surface area contributed by atoms with Crippen molar-refractivity contribution < 1.29 is 19.8 Å². The molecule has 0 saturated carbocycles. The van der Waals surface area contributed by atoms with Gasteiger partial charge in [-0.05, 0) is 6.07 Å². The van der Waals surface area contributed by atoms with E-state index in [1.54, 1.807) is 0 Å². The molecule has 5 nitrogen and oxygen atoms in total. The average molecular weight is 250 g/mol. The minimum absolute atomic E-state index is 0.295. The molecule has 7 heteroatoms. The van der Waals surface area contributed by atoms with Crippen LogP contribution in [0.2, 0.25) is 10.0 Å². The Morgan fingerprint density at radius 1 is 1.27 bits per heavy atom. The first-order valence-corrected chi connectivity index (χ1v) is 4.36. The topological polar surface area (TPSA) is 101 Å². The molecule has 80 valence electrons. The van der Waals surface area contributed by atoms with Gasteiger partial charge < -0.3 is 15.9 Å². The molecule has 0 aliphatic carbocycles. The maximum atomic E-state index is 10.9. The predicted octanol–water partition coefficient (Wildman–Crippen LogP) is 1.50. The number of aromatic carboxylic acids is 1. The third-order valence-electron chi connectivity index (χ3n) is 1.66. The van der Waals surface area contributed by atoms with Gasteiger partial charge in [-0.1, -0.05) is 23.2 Å². The summed E-state index contributed by atoms with van der Waals surface area (Å²) in [6.07, 6.45) is 0. The quantitative estimate of drug-likeness (QED) is 0.740. The summed E-state index contributed by atoms with van der Waals surface area (Å²) in [5.41, 5.74) is 4.09. The SMILES string of the molecule is NC(=O)c1cc(O)c(Cl)c(C(=O)O)c1Cl. The zero-order valence-electron chi connectivity index (χ0n) is 7.12. The van der Waals surface area contributed by atoms with Crippen LogP contribution in [0, 0.1) is 0 Å². The lowest BCUT2D eigenvalue weighted by Crippen LogP contribution is -2.13. The van der Waals surface area contributed by atoms with E-state index in [1.165, 1.54) is 0 Å². The minimum Gasteiger partial charge on any atom is -0.506 e. The molecule has 0 bridgehead atoms. The second-order valence-electron chi connectivity index (χ2n) is 2.62. The molecule has 0 unspecified atom stereocenters. The number of benzene rings is 1. The maximum Gasteiger partial charge on any atom is 0.338 e. The van der Waals surface area contributed by atoms with Crippen LogP contribution >= 0.6 is 23.2 Å². The number of carboxylic acids is 1. The van der Waals surface area contributed by atoms with Gasteiger partial charge in [0.15, 0.2) is 0 Å². The van der Waals surface area contributed by atoms with Crippen molar-refractivity contribution in [3.8, 4) is 5.75 Å². The molecule has 0 saturated heterocycles. The van der Waals surface area contributed by atoms with Crippen molar-refractivity contribution in [2.45, 2.75) is 0 Å². The summed E-state index contributed by atoms with van der Waals surface area (Å²) >= 11 is 11.1. The standard InChI is InChI=1S/C8H5Cl2NO4/c9-5-2(7(11)13)1-3(12)6(10)4(5)8(14)15/h1,12H,(H2,11,13)(H,14,15). The fourth-order valence-corrected chi connectivity index (χ4v) is 1.59. The van der Waals surface area contributed by atoms with Crippen LogP contribution in [-0.4, -0.2) is 22.1 Å². The molecular formula is C8H5Cl2NO4. The summed E-state index contributed by atoms with van der Waals surface area (Å²) in [4.78, 5) is 21.6. The van der Waals surface area contributed by atoms with Crippen LogP contribution in [0.3, 0.4) is 0 Å². The summed E-state index contributed by atoms with van der Waals surface area (Å²) in [5, 5.41) is 17.2. The lowest BCUT2D eigenvalue weighted by atomic mass is 10.1. The minimum atomic E-state index is -1.46. The van der Waals surface area contributed by atoms with Gasteiger partial charge in [0.2, 0.25) is 5.91 Å². The average Bonchev–Trinajstić information content (AvgIpc) is 2.10. The number of amides is 1. The van der Waals surface area contributed by atoms with Crippen LogP contribution in [0.5, 0.6) is 5.75 Å². The zero-order valence-corrected chi connectivity index (χ0v) is 8.63. The van der Waals surface area contributed by atoms with Gasteiger partial charge in [-0.2, -0.15) is 0 Å². The Kier molecular flexibility index (Phi) is 3.06. The monoisotopic (exact) mass is 249 g/mol. The van der Waals surface area contributed by atoms with Crippen molar-refractivity contribution in [1.29, 1.82) is 0 Å².